The van der Waals surface area contributed by atoms with Crippen molar-refractivity contribution < 1.29 is 9.21 Å². The Kier molecular flexibility index (Phi) is 7.19. The van der Waals surface area contributed by atoms with E-state index in [4.69, 9.17) is 4.42 Å². The van der Waals surface area contributed by atoms with Crippen LogP contribution in [0.15, 0.2) is 21.2 Å². The van der Waals surface area contributed by atoms with Crippen molar-refractivity contribution in [3.8, 4) is 0 Å². The molecular formula is C11H17BrN2O2S. The van der Waals surface area contributed by atoms with E-state index in [2.05, 4.69) is 32.8 Å². The fraction of sp³-hybridized carbons (Fsp3) is 0.545. The number of carbonyl (C=O) groups excluding carboxylic acids is 1. The van der Waals surface area contributed by atoms with E-state index in [-0.39, 0.29) is 6.03 Å². The number of nitrogens with one attached hydrogen (secondary N) is 2. The molecule has 0 fully saturated rings. The zero-order chi connectivity index (χ0) is 12.5. The summed E-state index contributed by atoms with van der Waals surface area (Å²) in [5.41, 5.74) is 0. The number of thioether (sulfide) groups is 1. The largest absolute Gasteiger partial charge is 0.454 e. The summed E-state index contributed by atoms with van der Waals surface area (Å²) in [6.07, 6.45) is 3.76. The Balaban J connectivity index is 2.04. The third-order valence-corrected chi connectivity index (χ3v) is 3.22. The van der Waals surface area contributed by atoms with Gasteiger partial charge in [-0.3, -0.25) is 0 Å². The van der Waals surface area contributed by atoms with Crippen molar-refractivity contribution in [1.29, 1.82) is 0 Å². The molecule has 0 atom stereocenters. The van der Waals surface area contributed by atoms with Gasteiger partial charge in [-0.2, -0.15) is 11.8 Å². The van der Waals surface area contributed by atoms with Gasteiger partial charge in [0.05, 0.1) is 0 Å². The van der Waals surface area contributed by atoms with Crippen LogP contribution in [0.4, 0.5) is 4.79 Å². The van der Waals surface area contributed by atoms with Gasteiger partial charge in [-0.1, -0.05) is 0 Å². The van der Waals surface area contributed by atoms with Gasteiger partial charge >= 0.3 is 6.03 Å². The smallest absolute Gasteiger partial charge is 0.314 e. The summed E-state index contributed by atoms with van der Waals surface area (Å²) >= 11 is 5.02. The van der Waals surface area contributed by atoms with Gasteiger partial charge in [0, 0.05) is 19.5 Å². The third kappa shape index (κ3) is 6.63. The zero-order valence-corrected chi connectivity index (χ0v) is 12.2. The van der Waals surface area contributed by atoms with Crippen LogP contribution < -0.4 is 10.6 Å². The topological polar surface area (TPSA) is 54.3 Å². The molecule has 6 heteroatoms. The number of hydrogen-bond donors (Lipinski definition) is 2. The molecule has 4 nitrogen and oxygen atoms in total. The second-order valence-electron chi connectivity index (χ2n) is 3.48. The third-order valence-electron chi connectivity index (χ3n) is 2.10. The van der Waals surface area contributed by atoms with E-state index in [1.54, 1.807) is 11.8 Å². The molecule has 0 unspecified atom stereocenters. The van der Waals surface area contributed by atoms with E-state index < -0.39 is 0 Å². The fourth-order valence-electron chi connectivity index (χ4n) is 1.27. The average Bonchev–Trinajstić information content (AvgIpc) is 2.71. The molecule has 2 amide bonds. The second-order valence-corrected chi connectivity index (χ2v) is 5.25. The average molecular weight is 321 g/mol. The summed E-state index contributed by atoms with van der Waals surface area (Å²) < 4.78 is 6.04. The van der Waals surface area contributed by atoms with Crippen LogP contribution >= 0.6 is 27.7 Å². The van der Waals surface area contributed by atoms with Gasteiger partial charge < -0.3 is 15.1 Å². The maximum atomic E-state index is 11.3. The van der Waals surface area contributed by atoms with Gasteiger partial charge in [-0.25, -0.2) is 4.79 Å². The Morgan fingerprint density at radius 2 is 2.18 bits per heavy atom. The predicted molar refractivity (Wildman–Crippen MR) is 74.5 cm³/mol. The van der Waals surface area contributed by atoms with Crippen molar-refractivity contribution in [3.05, 3.63) is 22.6 Å². The molecule has 1 aromatic heterocycles. The van der Waals surface area contributed by atoms with Crippen LogP contribution in [0.25, 0.3) is 0 Å². The van der Waals surface area contributed by atoms with Gasteiger partial charge in [-0.05, 0) is 46.5 Å². The molecule has 0 radical (unpaired) electrons. The van der Waals surface area contributed by atoms with Gasteiger partial charge in [0.25, 0.3) is 0 Å². The zero-order valence-electron chi connectivity index (χ0n) is 9.79. The summed E-state index contributed by atoms with van der Waals surface area (Å²) in [6, 6.07) is 3.62. The lowest BCUT2D eigenvalue weighted by Gasteiger charge is -2.06. The van der Waals surface area contributed by atoms with Crippen LogP contribution in [-0.4, -0.2) is 31.1 Å². The van der Waals surface area contributed by atoms with Crippen LogP contribution in [0, 0.1) is 0 Å². The van der Waals surface area contributed by atoms with Gasteiger partial charge in [-0.15, -0.1) is 0 Å². The number of hydrogen-bond acceptors (Lipinski definition) is 3. The van der Waals surface area contributed by atoms with Crippen LogP contribution in [0.5, 0.6) is 0 Å². The van der Waals surface area contributed by atoms with Crippen LogP contribution in [0.2, 0.25) is 0 Å². The number of halogens is 1. The second kappa shape index (κ2) is 8.47. The Labute approximate surface area is 114 Å². The minimum atomic E-state index is -0.114. The first-order chi connectivity index (χ1) is 8.22. The minimum Gasteiger partial charge on any atom is -0.454 e. The van der Waals surface area contributed by atoms with Crippen molar-refractivity contribution >= 4 is 33.7 Å². The Morgan fingerprint density at radius 3 is 2.82 bits per heavy atom. The Morgan fingerprint density at radius 1 is 1.41 bits per heavy atom. The SMILES string of the molecule is CSCCCNC(=O)NCCc1ccc(Br)o1. The van der Waals surface area contributed by atoms with Crippen LogP contribution in [-0.2, 0) is 6.42 Å². The van der Waals surface area contributed by atoms with Crippen molar-refractivity contribution in [2.75, 3.05) is 25.1 Å². The quantitative estimate of drug-likeness (QED) is 0.759. The summed E-state index contributed by atoms with van der Waals surface area (Å²) in [5.74, 6) is 1.93. The molecule has 17 heavy (non-hydrogen) atoms. The lowest BCUT2D eigenvalue weighted by molar-refractivity contribution is 0.241. The first kappa shape index (κ1) is 14.4. The molecule has 0 aliphatic heterocycles. The number of rotatable bonds is 7. The highest BCUT2D eigenvalue weighted by Gasteiger charge is 2.01. The van der Waals surface area contributed by atoms with E-state index in [0.29, 0.717) is 17.6 Å². The van der Waals surface area contributed by atoms with E-state index in [9.17, 15) is 4.79 Å². The van der Waals surface area contributed by atoms with E-state index in [1.807, 2.05) is 12.1 Å². The molecule has 0 spiro atoms. The highest BCUT2D eigenvalue weighted by atomic mass is 79.9. The highest BCUT2D eigenvalue weighted by molar-refractivity contribution is 9.10. The molecule has 1 heterocycles. The van der Waals surface area contributed by atoms with E-state index in [0.717, 1.165) is 24.5 Å². The summed E-state index contributed by atoms with van der Waals surface area (Å²) in [7, 11) is 0. The van der Waals surface area contributed by atoms with Crippen molar-refractivity contribution in [1.82, 2.24) is 10.6 Å². The molecule has 0 aliphatic carbocycles. The first-order valence-corrected chi connectivity index (χ1v) is 7.66. The Hall–Kier alpha value is -0.620. The van der Waals surface area contributed by atoms with Gasteiger partial charge in [0.2, 0.25) is 0 Å². The van der Waals surface area contributed by atoms with Crippen LogP contribution in [0.3, 0.4) is 0 Å². The van der Waals surface area contributed by atoms with Gasteiger partial charge in [0.1, 0.15) is 5.76 Å². The predicted octanol–water partition coefficient (Wildman–Crippen LogP) is 2.64. The van der Waals surface area contributed by atoms with E-state index in [1.165, 1.54) is 0 Å². The minimum absolute atomic E-state index is 0.114. The monoisotopic (exact) mass is 320 g/mol. The number of amides is 2. The molecule has 0 aliphatic rings. The molecular weight excluding hydrogens is 304 g/mol. The van der Waals surface area contributed by atoms with Crippen molar-refractivity contribution in [2.45, 2.75) is 12.8 Å². The summed E-state index contributed by atoms with van der Waals surface area (Å²) in [6.45, 7) is 1.30. The molecule has 0 saturated heterocycles. The fourth-order valence-corrected chi connectivity index (χ4v) is 2.04. The maximum absolute atomic E-state index is 11.3. The molecule has 1 rings (SSSR count). The molecule has 0 aromatic carbocycles. The molecule has 0 bridgehead atoms. The number of urea groups is 1. The lowest BCUT2D eigenvalue weighted by Crippen LogP contribution is -2.37. The van der Waals surface area contributed by atoms with Crippen molar-refractivity contribution in [2.24, 2.45) is 0 Å². The first-order valence-electron chi connectivity index (χ1n) is 5.47. The lowest BCUT2D eigenvalue weighted by atomic mass is 10.3. The molecule has 1 aromatic rings. The summed E-state index contributed by atoms with van der Waals surface area (Å²) in [5, 5.41) is 5.59. The molecule has 2 N–H and O–H groups in total. The standard InChI is InChI=1S/C11H17BrN2O2S/c1-17-8-2-6-13-11(15)14-7-5-9-3-4-10(12)16-9/h3-4H,2,5-8H2,1H3,(H2,13,14,15). The maximum Gasteiger partial charge on any atom is 0.314 e. The Bertz CT molecular complexity index is 344. The van der Waals surface area contributed by atoms with Crippen molar-refractivity contribution in [3.63, 3.8) is 0 Å². The normalized spacial score (nSPS) is 10.2. The number of furan rings is 1. The van der Waals surface area contributed by atoms with Gasteiger partial charge in [0.15, 0.2) is 4.67 Å². The number of carbonyl (C=O) groups is 1. The molecule has 0 saturated carbocycles. The molecule has 96 valence electrons. The van der Waals surface area contributed by atoms with E-state index >= 15 is 0 Å². The highest BCUT2D eigenvalue weighted by Crippen LogP contribution is 2.13. The summed E-state index contributed by atoms with van der Waals surface area (Å²) in [4.78, 5) is 11.3. The van der Waals surface area contributed by atoms with Crippen LogP contribution in [0.1, 0.15) is 12.2 Å².